The van der Waals surface area contributed by atoms with Crippen LogP contribution in [0.1, 0.15) is 11.1 Å². The molecule has 6 aromatic rings. The molecule has 28 heavy (non-hydrogen) atoms. The highest BCUT2D eigenvalue weighted by Crippen LogP contribution is 2.40. The van der Waals surface area contributed by atoms with E-state index in [9.17, 15) is 0 Å². The second-order valence-electron chi connectivity index (χ2n) is 7.42. The standard InChI is InChI=1S/C24H14N4/c1-2-4-16-14(3-1)9-15-10-21-23(11-18(15)16)28-22-6-8-26-12-19(22)17-5-7-25-13-20(17)24(28)27-21/h1-8,10-13H,9H2. The minimum Gasteiger partial charge on any atom is -0.292 e. The van der Waals surface area contributed by atoms with Crippen molar-refractivity contribution in [2.45, 2.75) is 6.42 Å². The third-order valence-electron chi connectivity index (χ3n) is 5.96. The van der Waals surface area contributed by atoms with Gasteiger partial charge < -0.3 is 0 Å². The summed E-state index contributed by atoms with van der Waals surface area (Å²) in [5.74, 6) is 0. The van der Waals surface area contributed by atoms with Crippen molar-refractivity contribution in [1.29, 1.82) is 0 Å². The summed E-state index contributed by atoms with van der Waals surface area (Å²) in [5.41, 5.74) is 9.63. The number of aromatic nitrogens is 4. The Kier molecular flexibility index (Phi) is 2.51. The largest absolute Gasteiger partial charge is 0.292 e. The summed E-state index contributed by atoms with van der Waals surface area (Å²) in [7, 11) is 0. The van der Waals surface area contributed by atoms with Gasteiger partial charge in [-0.25, -0.2) is 4.98 Å². The Morgan fingerprint density at radius 3 is 2.54 bits per heavy atom. The van der Waals surface area contributed by atoms with E-state index in [0.29, 0.717) is 0 Å². The van der Waals surface area contributed by atoms with Crippen LogP contribution in [0, 0.1) is 0 Å². The average molecular weight is 358 g/mol. The molecule has 4 nitrogen and oxygen atoms in total. The van der Waals surface area contributed by atoms with Crippen LogP contribution in [0.25, 0.3) is 49.5 Å². The Labute approximate surface area is 160 Å². The Bertz CT molecular complexity index is 1590. The third-order valence-corrected chi connectivity index (χ3v) is 5.96. The van der Waals surface area contributed by atoms with Crippen molar-refractivity contribution < 1.29 is 0 Å². The molecule has 0 radical (unpaired) electrons. The van der Waals surface area contributed by atoms with Crippen LogP contribution in [-0.2, 0) is 6.42 Å². The van der Waals surface area contributed by atoms with E-state index in [1.807, 2.05) is 24.8 Å². The lowest BCUT2D eigenvalue weighted by atomic mass is 10.1. The van der Waals surface area contributed by atoms with Gasteiger partial charge in [-0.05, 0) is 58.3 Å². The molecule has 1 aliphatic rings. The highest BCUT2D eigenvalue weighted by Gasteiger charge is 2.21. The first-order valence-electron chi connectivity index (χ1n) is 9.41. The van der Waals surface area contributed by atoms with Gasteiger partial charge in [0.25, 0.3) is 0 Å². The smallest absolute Gasteiger partial charge is 0.147 e. The van der Waals surface area contributed by atoms with E-state index in [1.54, 1.807) is 0 Å². The van der Waals surface area contributed by atoms with Crippen LogP contribution >= 0.6 is 0 Å². The van der Waals surface area contributed by atoms with Gasteiger partial charge >= 0.3 is 0 Å². The number of nitrogens with zero attached hydrogens (tertiary/aromatic N) is 4. The molecule has 0 amide bonds. The predicted octanol–water partition coefficient (Wildman–Crippen LogP) is 5.16. The lowest BCUT2D eigenvalue weighted by molar-refractivity contribution is 1.27. The molecule has 0 saturated heterocycles. The molecule has 0 saturated carbocycles. The Balaban J connectivity index is 1.72. The zero-order chi connectivity index (χ0) is 18.2. The Morgan fingerprint density at radius 1 is 0.714 bits per heavy atom. The molecule has 0 N–H and O–H groups in total. The molecule has 2 aromatic carbocycles. The van der Waals surface area contributed by atoms with Gasteiger partial charge in [-0.1, -0.05) is 24.3 Å². The lowest BCUT2D eigenvalue weighted by Gasteiger charge is -2.08. The molecule has 4 heteroatoms. The number of benzene rings is 2. The summed E-state index contributed by atoms with van der Waals surface area (Å²) in [5, 5.41) is 3.31. The van der Waals surface area contributed by atoms with Gasteiger partial charge in [-0.15, -0.1) is 0 Å². The maximum Gasteiger partial charge on any atom is 0.147 e. The van der Waals surface area contributed by atoms with E-state index >= 15 is 0 Å². The van der Waals surface area contributed by atoms with E-state index in [2.05, 4.69) is 62.9 Å². The molecule has 0 aliphatic heterocycles. The lowest BCUT2D eigenvalue weighted by Crippen LogP contribution is -1.92. The van der Waals surface area contributed by atoms with Crippen molar-refractivity contribution in [2.24, 2.45) is 0 Å². The van der Waals surface area contributed by atoms with E-state index in [-0.39, 0.29) is 0 Å². The van der Waals surface area contributed by atoms with Crippen LogP contribution < -0.4 is 0 Å². The van der Waals surface area contributed by atoms with Gasteiger partial charge in [-0.2, -0.15) is 0 Å². The van der Waals surface area contributed by atoms with Crippen molar-refractivity contribution >= 4 is 38.4 Å². The van der Waals surface area contributed by atoms with Gasteiger partial charge in [0, 0.05) is 35.6 Å². The fourth-order valence-electron chi connectivity index (χ4n) is 4.73. The number of fused-ring (bicyclic) bond motifs is 11. The van der Waals surface area contributed by atoms with E-state index in [0.717, 1.165) is 44.8 Å². The number of rotatable bonds is 0. The molecule has 0 bridgehead atoms. The number of hydrogen-bond acceptors (Lipinski definition) is 3. The maximum atomic E-state index is 5.04. The summed E-state index contributed by atoms with van der Waals surface area (Å²) in [6.07, 6.45) is 8.50. The average Bonchev–Trinajstić information content (AvgIpc) is 3.30. The van der Waals surface area contributed by atoms with E-state index < -0.39 is 0 Å². The second-order valence-corrected chi connectivity index (χ2v) is 7.42. The van der Waals surface area contributed by atoms with Crippen LogP contribution in [0.15, 0.2) is 73.3 Å². The fraction of sp³-hybridized carbons (Fsp3) is 0.0417. The van der Waals surface area contributed by atoms with Crippen molar-refractivity contribution in [3.63, 3.8) is 0 Å². The number of imidazole rings is 1. The third kappa shape index (κ3) is 1.68. The minimum atomic E-state index is 0.953. The molecule has 7 rings (SSSR count). The van der Waals surface area contributed by atoms with Crippen LogP contribution in [0.2, 0.25) is 0 Å². The predicted molar refractivity (Wildman–Crippen MR) is 112 cm³/mol. The number of hydrogen-bond donors (Lipinski definition) is 0. The molecule has 0 spiro atoms. The summed E-state index contributed by atoms with van der Waals surface area (Å²) >= 11 is 0. The van der Waals surface area contributed by atoms with Crippen LogP contribution in [0.5, 0.6) is 0 Å². The molecule has 0 atom stereocenters. The van der Waals surface area contributed by atoms with Gasteiger partial charge in [-0.3, -0.25) is 14.4 Å². The SMILES string of the molecule is c1ccc2c(c1)Cc1cc3nc4c5cnccc5c5cnccc5n4c3cc1-2. The van der Waals surface area contributed by atoms with Gasteiger partial charge in [0.1, 0.15) is 5.65 Å². The molecule has 0 fully saturated rings. The first kappa shape index (κ1) is 14.3. The normalized spacial score (nSPS) is 12.9. The van der Waals surface area contributed by atoms with Gasteiger partial charge in [0.15, 0.2) is 0 Å². The van der Waals surface area contributed by atoms with Crippen LogP contribution in [0.4, 0.5) is 0 Å². The number of pyridine rings is 3. The fourth-order valence-corrected chi connectivity index (χ4v) is 4.73. The molecule has 1 aliphatic carbocycles. The highest BCUT2D eigenvalue weighted by molar-refractivity contribution is 6.13. The summed E-state index contributed by atoms with van der Waals surface area (Å²) in [6, 6.07) is 17.4. The first-order valence-corrected chi connectivity index (χ1v) is 9.41. The topological polar surface area (TPSA) is 43.1 Å². The molecule has 4 aromatic heterocycles. The maximum absolute atomic E-state index is 5.04. The molecular weight excluding hydrogens is 344 g/mol. The highest BCUT2D eigenvalue weighted by atomic mass is 15.0. The summed E-state index contributed by atoms with van der Waals surface area (Å²) in [4.78, 5) is 13.8. The van der Waals surface area contributed by atoms with Gasteiger partial charge in [0.05, 0.1) is 16.6 Å². The zero-order valence-corrected chi connectivity index (χ0v) is 14.9. The monoisotopic (exact) mass is 358 g/mol. The van der Waals surface area contributed by atoms with E-state index in [4.69, 9.17) is 4.98 Å². The first-order chi connectivity index (χ1) is 13.9. The van der Waals surface area contributed by atoms with Crippen LogP contribution in [-0.4, -0.2) is 19.4 Å². The second kappa shape index (κ2) is 4.93. The zero-order valence-electron chi connectivity index (χ0n) is 14.9. The minimum absolute atomic E-state index is 0.953. The van der Waals surface area contributed by atoms with Crippen LogP contribution in [0.3, 0.4) is 0 Å². The summed E-state index contributed by atoms with van der Waals surface area (Å²) in [6.45, 7) is 0. The summed E-state index contributed by atoms with van der Waals surface area (Å²) < 4.78 is 2.26. The molecule has 0 unspecified atom stereocenters. The van der Waals surface area contributed by atoms with Crippen molar-refractivity contribution in [3.05, 3.63) is 84.4 Å². The Hall–Kier alpha value is -3.79. The Morgan fingerprint density at radius 2 is 1.57 bits per heavy atom. The molecule has 4 heterocycles. The molecular formula is C24H14N4. The van der Waals surface area contributed by atoms with E-state index in [1.165, 1.54) is 22.3 Å². The van der Waals surface area contributed by atoms with Crippen molar-refractivity contribution in [1.82, 2.24) is 19.4 Å². The van der Waals surface area contributed by atoms with Crippen molar-refractivity contribution in [3.8, 4) is 11.1 Å². The quantitative estimate of drug-likeness (QED) is 0.352. The molecule has 130 valence electrons. The van der Waals surface area contributed by atoms with Crippen molar-refractivity contribution in [2.75, 3.05) is 0 Å². The van der Waals surface area contributed by atoms with Gasteiger partial charge in [0.2, 0.25) is 0 Å².